The van der Waals surface area contributed by atoms with Crippen molar-refractivity contribution in [3.8, 4) is 11.3 Å². The van der Waals surface area contributed by atoms with Crippen LogP contribution in [0.25, 0.3) is 17.0 Å². The van der Waals surface area contributed by atoms with Gasteiger partial charge in [0, 0.05) is 11.0 Å². The quantitative estimate of drug-likeness (QED) is 0.625. The summed E-state index contributed by atoms with van der Waals surface area (Å²) in [6, 6.07) is 8.48. The smallest absolute Gasteiger partial charge is 0.265 e. The summed E-state index contributed by atoms with van der Waals surface area (Å²) in [6.45, 7) is 10.6. The van der Waals surface area contributed by atoms with Gasteiger partial charge < -0.3 is 0 Å². The Hall–Kier alpha value is -2.08. The molecule has 1 aliphatic carbocycles. The Morgan fingerprint density at radius 3 is 2.67 bits per heavy atom. The van der Waals surface area contributed by atoms with E-state index >= 15 is 0 Å². The average molecular weight is 383 g/mol. The first-order valence-corrected chi connectivity index (χ1v) is 10.7. The number of benzene rings is 1. The summed E-state index contributed by atoms with van der Waals surface area (Å²) in [4.78, 5) is 18.8. The van der Waals surface area contributed by atoms with Crippen LogP contribution in [0.3, 0.4) is 0 Å². The molecule has 0 spiro atoms. The molecular weight excluding hydrogens is 356 g/mol. The van der Waals surface area contributed by atoms with Crippen LogP contribution in [0.5, 0.6) is 0 Å². The van der Waals surface area contributed by atoms with Crippen molar-refractivity contribution < 1.29 is 0 Å². The van der Waals surface area contributed by atoms with E-state index in [0.717, 1.165) is 40.6 Å². The highest BCUT2D eigenvalue weighted by molar-refractivity contribution is 7.99. The first-order chi connectivity index (χ1) is 12.9. The molecular formula is C21H26N4OS. The van der Waals surface area contributed by atoms with Crippen LogP contribution in [0.1, 0.15) is 58.2 Å². The monoisotopic (exact) mass is 382 g/mol. The highest BCUT2D eigenvalue weighted by Gasteiger charge is 2.38. The molecule has 142 valence electrons. The first kappa shape index (κ1) is 18.3. The molecule has 1 aromatic carbocycles. The third-order valence-corrected chi connectivity index (χ3v) is 6.47. The summed E-state index contributed by atoms with van der Waals surface area (Å²) in [5.41, 5.74) is 3.84. The zero-order chi connectivity index (χ0) is 19.3. The lowest BCUT2D eigenvalue weighted by Gasteiger charge is -2.35. The molecule has 0 saturated carbocycles. The van der Waals surface area contributed by atoms with Crippen LogP contribution in [0.4, 0.5) is 0 Å². The summed E-state index contributed by atoms with van der Waals surface area (Å²) in [5.74, 6) is 1.50. The molecule has 6 heteroatoms. The zero-order valence-corrected chi connectivity index (χ0v) is 17.4. The van der Waals surface area contributed by atoms with Crippen molar-refractivity contribution in [2.24, 2.45) is 0 Å². The summed E-state index contributed by atoms with van der Waals surface area (Å²) in [6.07, 6.45) is 1.76. The molecule has 0 fully saturated rings. The average Bonchev–Trinajstić information content (AvgIpc) is 3.01. The van der Waals surface area contributed by atoms with Crippen LogP contribution in [0.2, 0.25) is 0 Å². The predicted molar refractivity (Wildman–Crippen MR) is 111 cm³/mol. The van der Waals surface area contributed by atoms with E-state index in [0.29, 0.717) is 5.78 Å². The number of thioether (sulfide) groups is 1. The van der Waals surface area contributed by atoms with Gasteiger partial charge in [0.25, 0.3) is 5.56 Å². The van der Waals surface area contributed by atoms with E-state index in [-0.39, 0.29) is 17.0 Å². The van der Waals surface area contributed by atoms with Gasteiger partial charge in [0.05, 0.1) is 17.3 Å². The van der Waals surface area contributed by atoms with Crippen molar-refractivity contribution in [1.29, 1.82) is 0 Å². The van der Waals surface area contributed by atoms with Crippen LogP contribution >= 0.6 is 11.8 Å². The number of aromatic nitrogens is 4. The maximum Gasteiger partial charge on any atom is 0.265 e. The summed E-state index contributed by atoms with van der Waals surface area (Å²) in [5, 5.41) is 5.46. The molecule has 0 aliphatic heterocycles. The molecule has 2 aromatic heterocycles. The fraction of sp³-hybridized carbons (Fsp3) is 0.476. The summed E-state index contributed by atoms with van der Waals surface area (Å²) in [7, 11) is 0. The number of nitrogens with zero attached hydrogens (tertiary/aromatic N) is 4. The number of hydrogen-bond donors (Lipinski definition) is 0. The van der Waals surface area contributed by atoms with Gasteiger partial charge in [-0.3, -0.25) is 4.79 Å². The molecule has 3 aromatic rings. The van der Waals surface area contributed by atoms with Crippen molar-refractivity contribution in [1.82, 2.24) is 19.2 Å². The van der Waals surface area contributed by atoms with E-state index in [4.69, 9.17) is 10.1 Å². The molecule has 0 radical (unpaired) electrons. The van der Waals surface area contributed by atoms with Gasteiger partial charge in [-0.25, -0.2) is 14.1 Å². The molecule has 0 saturated heterocycles. The Labute approximate surface area is 163 Å². The Morgan fingerprint density at radius 2 is 2.00 bits per heavy atom. The van der Waals surface area contributed by atoms with Gasteiger partial charge in [0.1, 0.15) is 0 Å². The highest BCUT2D eigenvalue weighted by Crippen LogP contribution is 2.42. The van der Waals surface area contributed by atoms with E-state index in [1.165, 1.54) is 5.56 Å². The topological polar surface area (TPSA) is 52.2 Å². The van der Waals surface area contributed by atoms with Gasteiger partial charge in [0.15, 0.2) is 5.16 Å². The second-order valence-electron chi connectivity index (χ2n) is 7.78. The minimum atomic E-state index is -0.219. The van der Waals surface area contributed by atoms with Crippen LogP contribution in [-0.2, 0) is 11.8 Å². The standard InChI is InChI=1S/C21H26N4OS/c1-6-21(5)12-14-10-8-9-11-15(14)17-16(21)18(26)24-19(22-17)25(13(3)4)23-20(24)27-7-2/h8-11,13H,6-7,12H2,1-5H3/t21-/m0/s1. The van der Waals surface area contributed by atoms with E-state index in [1.807, 2.05) is 10.7 Å². The molecule has 0 amide bonds. The van der Waals surface area contributed by atoms with E-state index < -0.39 is 0 Å². The van der Waals surface area contributed by atoms with Crippen LogP contribution in [-0.4, -0.2) is 24.9 Å². The third-order valence-electron chi connectivity index (χ3n) is 5.65. The zero-order valence-electron chi connectivity index (χ0n) is 16.6. The maximum atomic E-state index is 13.7. The fourth-order valence-corrected chi connectivity index (χ4v) is 4.74. The second-order valence-corrected chi connectivity index (χ2v) is 9.01. The molecule has 4 rings (SSSR count). The molecule has 0 bridgehead atoms. The largest absolute Gasteiger partial charge is 0.268 e. The van der Waals surface area contributed by atoms with Crippen LogP contribution in [0.15, 0.2) is 34.2 Å². The lowest BCUT2D eigenvalue weighted by Crippen LogP contribution is -2.38. The lowest BCUT2D eigenvalue weighted by atomic mass is 9.69. The van der Waals surface area contributed by atoms with Gasteiger partial charge in [-0.2, -0.15) is 0 Å². The Bertz CT molecular complexity index is 1080. The maximum absolute atomic E-state index is 13.7. The SMILES string of the molecule is CCSc1nn(C(C)C)c2nc3c(c(=O)n12)[C@@](C)(CC)Cc1ccccc1-3. The van der Waals surface area contributed by atoms with Crippen LogP contribution < -0.4 is 5.56 Å². The molecule has 0 unspecified atom stereocenters. The van der Waals surface area contributed by atoms with Crippen molar-refractivity contribution in [3.63, 3.8) is 0 Å². The van der Waals surface area contributed by atoms with E-state index in [1.54, 1.807) is 16.2 Å². The fourth-order valence-electron chi connectivity index (χ4n) is 4.04. The van der Waals surface area contributed by atoms with Crippen molar-refractivity contribution >= 4 is 17.5 Å². The van der Waals surface area contributed by atoms with Crippen LogP contribution in [0, 0.1) is 0 Å². The van der Waals surface area contributed by atoms with Gasteiger partial charge in [0.2, 0.25) is 5.78 Å². The van der Waals surface area contributed by atoms with Crippen molar-refractivity contribution in [2.75, 3.05) is 5.75 Å². The summed E-state index contributed by atoms with van der Waals surface area (Å²) >= 11 is 1.59. The lowest BCUT2D eigenvalue weighted by molar-refractivity contribution is 0.439. The molecule has 0 N–H and O–H groups in total. The van der Waals surface area contributed by atoms with Crippen molar-refractivity contribution in [2.45, 2.75) is 64.1 Å². The molecule has 1 aliphatic rings. The number of hydrogen-bond acceptors (Lipinski definition) is 4. The number of fused-ring (bicyclic) bond motifs is 4. The van der Waals surface area contributed by atoms with E-state index in [9.17, 15) is 4.79 Å². The molecule has 1 atom stereocenters. The minimum absolute atomic E-state index is 0.0386. The predicted octanol–water partition coefficient (Wildman–Crippen LogP) is 4.47. The minimum Gasteiger partial charge on any atom is -0.268 e. The molecule has 27 heavy (non-hydrogen) atoms. The van der Waals surface area contributed by atoms with E-state index in [2.05, 4.69) is 52.8 Å². The Balaban J connectivity index is 2.16. The number of rotatable bonds is 4. The van der Waals surface area contributed by atoms with Gasteiger partial charge >= 0.3 is 0 Å². The Kier molecular flexibility index (Phi) is 4.41. The van der Waals surface area contributed by atoms with Gasteiger partial charge in [-0.05, 0) is 38.0 Å². The highest BCUT2D eigenvalue weighted by atomic mass is 32.2. The summed E-state index contributed by atoms with van der Waals surface area (Å²) < 4.78 is 3.61. The Morgan fingerprint density at radius 1 is 1.26 bits per heavy atom. The third kappa shape index (κ3) is 2.64. The van der Waals surface area contributed by atoms with Gasteiger partial charge in [-0.15, -0.1) is 5.10 Å². The first-order valence-electron chi connectivity index (χ1n) is 9.68. The van der Waals surface area contributed by atoms with Crippen molar-refractivity contribution in [3.05, 3.63) is 45.7 Å². The second kappa shape index (κ2) is 6.51. The molecule has 2 heterocycles. The van der Waals surface area contributed by atoms with Gasteiger partial charge in [-0.1, -0.05) is 56.8 Å². The molecule has 5 nitrogen and oxygen atoms in total. The normalized spacial score (nSPS) is 18.7.